The van der Waals surface area contributed by atoms with E-state index in [0.29, 0.717) is 17.7 Å². The molecular weight excluding hydrogens is 405 g/mol. The van der Waals surface area contributed by atoms with Crippen LogP contribution in [0.15, 0.2) is 42.5 Å². The molecule has 2 aromatic carbocycles. The molecule has 1 fully saturated rings. The summed E-state index contributed by atoms with van der Waals surface area (Å²) in [7, 11) is 3.47. The van der Waals surface area contributed by atoms with Crippen LogP contribution in [0.4, 0.5) is 13.2 Å². The number of rotatable bonds is 4. The first-order valence-corrected chi connectivity index (χ1v) is 10.7. The minimum atomic E-state index is -4.50. The Morgan fingerprint density at radius 1 is 1.19 bits per heavy atom. The zero-order valence-electron chi connectivity index (χ0n) is 18.1. The molecule has 2 aromatic rings. The van der Waals surface area contributed by atoms with Gasteiger partial charge < -0.3 is 9.47 Å². The Bertz CT molecular complexity index is 919. The molecule has 3 atom stereocenters. The average Bonchev–Trinajstić information content (AvgIpc) is 2.77. The Hall–Kier alpha value is -2.09. The van der Waals surface area contributed by atoms with E-state index >= 15 is 0 Å². The molecule has 0 radical (unpaired) electrons. The molecule has 0 saturated carbocycles. The summed E-state index contributed by atoms with van der Waals surface area (Å²) in [5.74, 6) is 0.623. The van der Waals surface area contributed by atoms with Crippen molar-refractivity contribution in [2.75, 3.05) is 27.3 Å². The molecule has 4 nitrogen and oxygen atoms in total. The Kier molecular flexibility index (Phi) is 6.03. The molecule has 2 aliphatic rings. The molecule has 1 saturated heterocycles. The standard InChI is InChI=1S/C24H29F3N2O2/c1-23(24(25,26)27)20-15-19(21(30-3)14-17(20)11-13-31-23)18-10-7-12-29(28-2)22(18)16-8-5-4-6-9-16/h4-6,8-9,14-15,18,22,28H,7,10-13H2,1-3H3/t18-,22+,23+/m0/s1. The minimum Gasteiger partial charge on any atom is -0.496 e. The van der Waals surface area contributed by atoms with E-state index in [1.807, 2.05) is 25.2 Å². The van der Waals surface area contributed by atoms with E-state index in [0.717, 1.165) is 37.4 Å². The van der Waals surface area contributed by atoms with Crippen molar-refractivity contribution in [1.29, 1.82) is 0 Å². The SMILES string of the molecule is CNN1CCC[C@@H](c2cc3c(cc2OC)CCO[C@@]3(C)C(F)(F)F)[C@H]1c1ccccc1. The van der Waals surface area contributed by atoms with Crippen LogP contribution in [0.5, 0.6) is 5.75 Å². The van der Waals surface area contributed by atoms with E-state index in [2.05, 4.69) is 22.6 Å². The Morgan fingerprint density at radius 2 is 1.94 bits per heavy atom. The van der Waals surface area contributed by atoms with Crippen molar-refractivity contribution >= 4 is 0 Å². The van der Waals surface area contributed by atoms with Crippen LogP contribution in [-0.2, 0) is 16.8 Å². The van der Waals surface area contributed by atoms with Crippen LogP contribution in [-0.4, -0.2) is 38.5 Å². The van der Waals surface area contributed by atoms with Crippen LogP contribution >= 0.6 is 0 Å². The second-order valence-corrected chi connectivity index (χ2v) is 8.40. The second kappa shape index (κ2) is 8.45. The fraction of sp³-hybridized carbons (Fsp3) is 0.500. The molecule has 168 valence electrons. The maximum absolute atomic E-state index is 14.0. The molecule has 0 aromatic heterocycles. The van der Waals surface area contributed by atoms with E-state index in [1.165, 1.54) is 0 Å². The predicted octanol–water partition coefficient (Wildman–Crippen LogP) is 5.10. The van der Waals surface area contributed by atoms with Gasteiger partial charge >= 0.3 is 6.18 Å². The van der Waals surface area contributed by atoms with E-state index in [-0.39, 0.29) is 24.1 Å². The van der Waals surface area contributed by atoms with Crippen molar-refractivity contribution in [1.82, 2.24) is 10.4 Å². The van der Waals surface area contributed by atoms with Gasteiger partial charge in [0.05, 0.1) is 19.8 Å². The third kappa shape index (κ3) is 3.83. The quantitative estimate of drug-likeness (QED) is 0.726. The Balaban J connectivity index is 1.87. The minimum absolute atomic E-state index is 0.0199. The number of hydrogen-bond donors (Lipinski definition) is 1. The van der Waals surface area contributed by atoms with E-state index in [9.17, 15) is 13.2 Å². The van der Waals surface area contributed by atoms with E-state index < -0.39 is 11.8 Å². The molecule has 0 spiro atoms. The van der Waals surface area contributed by atoms with Crippen LogP contribution in [0.3, 0.4) is 0 Å². The molecule has 7 heteroatoms. The maximum Gasteiger partial charge on any atom is 0.421 e. The lowest BCUT2D eigenvalue weighted by molar-refractivity contribution is -0.281. The zero-order valence-corrected chi connectivity index (χ0v) is 18.1. The lowest BCUT2D eigenvalue weighted by atomic mass is 9.77. The van der Waals surface area contributed by atoms with Crippen LogP contribution in [0.25, 0.3) is 0 Å². The lowest BCUT2D eigenvalue weighted by Gasteiger charge is -2.43. The molecule has 0 bridgehead atoms. The molecule has 4 rings (SSSR count). The first kappa shape index (κ1) is 22.1. The van der Waals surface area contributed by atoms with Crippen molar-refractivity contribution in [3.05, 3.63) is 64.7 Å². The fourth-order valence-corrected chi connectivity index (χ4v) is 5.07. The van der Waals surface area contributed by atoms with Crippen molar-refractivity contribution < 1.29 is 22.6 Å². The van der Waals surface area contributed by atoms with Crippen molar-refractivity contribution in [2.24, 2.45) is 0 Å². The second-order valence-electron chi connectivity index (χ2n) is 8.40. The predicted molar refractivity (Wildman–Crippen MR) is 113 cm³/mol. The van der Waals surface area contributed by atoms with Gasteiger partial charge in [0, 0.05) is 12.5 Å². The number of hydrogen-bond acceptors (Lipinski definition) is 4. The van der Waals surface area contributed by atoms with Crippen molar-refractivity contribution in [3.63, 3.8) is 0 Å². The van der Waals surface area contributed by atoms with Gasteiger partial charge in [-0.05, 0) is 67.6 Å². The Morgan fingerprint density at radius 3 is 2.58 bits per heavy atom. The van der Waals surface area contributed by atoms with Crippen LogP contribution in [0.2, 0.25) is 0 Å². The van der Waals surface area contributed by atoms with Crippen molar-refractivity contribution in [3.8, 4) is 5.75 Å². The maximum atomic E-state index is 14.0. The monoisotopic (exact) mass is 434 g/mol. The van der Waals surface area contributed by atoms with E-state index in [4.69, 9.17) is 9.47 Å². The number of nitrogens with one attached hydrogen (secondary N) is 1. The van der Waals surface area contributed by atoms with Gasteiger partial charge in [-0.1, -0.05) is 30.3 Å². The summed E-state index contributed by atoms with van der Waals surface area (Å²) in [5.41, 5.74) is 3.73. The van der Waals surface area contributed by atoms with Crippen LogP contribution < -0.4 is 10.2 Å². The van der Waals surface area contributed by atoms with Gasteiger partial charge in [0.1, 0.15) is 5.75 Å². The molecular formula is C24H29F3N2O2. The highest BCUT2D eigenvalue weighted by Crippen LogP contribution is 2.50. The summed E-state index contributed by atoms with van der Waals surface area (Å²) in [5, 5.41) is 2.17. The van der Waals surface area contributed by atoms with Gasteiger partial charge in [-0.2, -0.15) is 13.2 Å². The molecule has 1 N–H and O–H groups in total. The third-order valence-corrected chi connectivity index (χ3v) is 6.73. The summed E-state index contributed by atoms with van der Waals surface area (Å²) in [6, 6.07) is 13.6. The normalized spacial score (nSPS) is 27.0. The highest BCUT2D eigenvalue weighted by atomic mass is 19.4. The van der Waals surface area contributed by atoms with Gasteiger partial charge in [-0.25, -0.2) is 5.01 Å². The summed E-state index contributed by atoms with van der Waals surface area (Å²) in [4.78, 5) is 0. The molecule has 0 unspecified atom stereocenters. The largest absolute Gasteiger partial charge is 0.496 e. The topological polar surface area (TPSA) is 33.7 Å². The summed E-state index contributed by atoms with van der Waals surface area (Å²) in [6.07, 6.45) is -2.28. The fourth-order valence-electron chi connectivity index (χ4n) is 5.07. The highest BCUT2D eigenvalue weighted by molar-refractivity contribution is 5.49. The first-order chi connectivity index (χ1) is 14.8. The number of nitrogens with zero attached hydrogens (tertiary/aromatic N) is 1. The van der Waals surface area contributed by atoms with Crippen LogP contribution in [0.1, 0.15) is 54.0 Å². The number of ether oxygens (including phenoxy) is 2. The number of halogens is 3. The van der Waals surface area contributed by atoms with Gasteiger partial charge in [0.15, 0.2) is 5.60 Å². The number of fused-ring (bicyclic) bond motifs is 1. The number of benzene rings is 2. The molecule has 2 aliphatic heterocycles. The third-order valence-electron chi connectivity index (χ3n) is 6.73. The lowest BCUT2D eigenvalue weighted by Crippen LogP contribution is -2.46. The Labute approximate surface area is 181 Å². The highest BCUT2D eigenvalue weighted by Gasteiger charge is 2.56. The van der Waals surface area contributed by atoms with Crippen molar-refractivity contribution in [2.45, 2.75) is 49.9 Å². The number of methoxy groups -OCH3 is 1. The summed E-state index contributed by atoms with van der Waals surface area (Å²) < 4.78 is 53.2. The first-order valence-electron chi connectivity index (χ1n) is 10.7. The zero-order chi connectivity index (χ0) is 22.2. The van der Waals surface area contributed by atoms with Crippen LogP contribution in [0, 0.1) is 0 Å². The number of alkyl halides is 3. The van der Waals surface area contributed by atoms with Gasteiger partial charge in [-0.15, -0.1) is 0 Å². The van der Waals surface area contributed by atoms with Gasteiger partial charge in [0.25, 0.3) is 0 Å². The average molecular weight is 435 g/mol. The smallest absolute Gasteiger partial charge is 0.421 e. The number of piperidine rings is 1. The summed E-state index contributed by atoms with van der Waals surface area (Å²) in [6.45, 7) is 2.04. The summed E-state index contributed by atoms with van der Waals surface area (Å²) >= 11 is 0. The molecule has 31 heavy (non-hydrogen) atoms. The van der Waals surface area contributed by atoms with Gasteiger partial charge in [0.2, 0.25) is 0 Å². The molecule has 2 heterocycles. The number of hydrazine groups is 1. The van der Waals surface area contributed by atoms with Gasteiger partial charge in [-0.3, -0.25) is 5.43 Å². The molecule has 0 amide bonds. The van der Waals surface area contributed by atoms with E-state index in [1.54, 1.807) is 19.2 Å². The molecule has 0 aliphatic carbocycles.